The number of likely N-dealkylation sites (N-methyl/N-ethyl adjacent to an activating group) is 1. The highest BCUT2D eigenvalue weighted by atomic mass is 32.1. The molecule has 1 aliphatic rings. The molecular formula is C11H15N3O3S. The van der Waals surface area contributed by atoms with Gasteiger partial charge in [-0.1, -0.05) is 0 Å². The number of rotatable bonds is 2. The van der Waals surface area contributed by atoms with Gasteiger partial charge >= 0.3 is 0 Å². The van der Waals surface area contributed by atoms with Gasteiger partial charge in [-0.15, -0.1) is 11.3 Å². The first-order chi connectivity index (χ1) is 8.65. The summed E-state index contributed by atoms with van der Waals surface area (Å²) in [6, 6.07) is 1.10. The molecule has 0 aliphatic carbocycles. The molecule has 2 heterocycles. The number of carbonyl (C=O) groups is 2. The van der Waals surface area contributed by atoms with Crippen molar-refractivity contribution in [2.75, 3.05) is 32.5 Å². The fourth-order valence-electron chi connectivity index (χ4n) is 1.85. The van der Waals surface area contributed by atoms with E-state index in [2.05, 4.69) is 5.32 Å². The number of morpholine rings is 1. The first kappa shape index (κ1) is 12.8. The molecule has 18 heavy (non-hydrogen) atoms. The second-order valence-electron chi connectivity index (χ2n) is 3.91. The fourth-order valence-corrected chi connectivity index (χ4v) is 2.63. The van der Waals surface area contributed by atoms with Gasteiger partial charge in [0, 0.05) is 13.6 Å². The van der Waals surface area contributed by atoms with E-state index in [1.807, 2.05) is 0 Å². The first-order valence-corrected chi connectivity index (χ1v) is 6.46. The number of ether oxygens (including phenoxy) is 1. The highest BCUT2D eigenvalue weighted by Crippen LogP contribution is 2.22. The third-order valence-electron chi connectivity index (χ3n) is 2.83. The number of hydrogen-bond acceptors (Lipinski definition) is 5. The molecule has 0 aromatic carbocycles. The Labute approximate surface area is 109 Å². The van der Waals surface area contributed by atoms with Crippen LogP contribution in [0.25, 0.3) is 0 Å². The number of thiophene rings is 1. The molecule has 7 heteroatoms. The van der Waals surface area contributed by atoms with E-state index in [1.54, 1.807) is 18.5 Å². The summed E-state index contributed by atoms with van der Waals surface area (Å²) in [5.74, 6) is -0.433. The largest absolute Gasteiger partial charge is 0.397 e. The molecule has 1 aliphatic heterocycles. The van der Waals surface area contributed by atoms with Gasteiger partial charge < -0.3 is 20.7 Å². The van der Waals surface area contributed by atoms with E-state index in [0.717, 1.165) is 0 Å². The van der Waals surface area contributed by atoms with Gasteiger partial charge in [-0.05, 0) is 11.4 Å². The number of anilines is 1. The maximum Gasteiger partial charge on any atom is 0.266 e. The molecule has 0 saturated carbocycles. The van der Waals surface area contributed by atoms with Gasteiger partial charge in [-0.3, -0.25) is 9.59 Å². The number of nitrogen functional groups attached to an aromatic ring is 1. The zero-order valence-electron chi connectivity index (χ0n) is 10.0. The summed E-state index contributed by atoms with van der Waals surface area (Å²) in [5.41, 5.74) is 6.18. The molecule has 3 N–H and O–H groups in total. The molecule has 1 aromatic heterocycles. The number of hydrogen-bond donors (Lipinski definition) is 2. The van der Waals surface area contributed by atoms with Crippen molar-refractivity contribution >= 4 is 28.8 Å². The smallest absolute Gasteiger partial charge is 0.266 e. The van der Waals surface area contributed by atoms with Crippen LogP contribution in [-0.4, -0.2) is 49.6 Å². The molecule has 1 atom stereocenters. The Bertz CT molecular complexity index is 460. The summed E-state index contributed by atoms with van der Waals surface area (Å²) in [6.45, 7) is 1.05. The Morgan fingerprint density at radius 2 is 2.39 bits per heavy atom. The van der Waals surface area contributed by atoms with Crippen LogP contribution in [0.15, 0.2) is 11.4 Å². The molecule has 0 spiro atoms. The number of carbonyl (C=O) groups excluding carboxylic acids is 2. The minimum Gasteiger partial charge on any atom is -0.397 e. The van der Waals surface area contributed by atoms with Gasteiger partial charge in [0.15, 0.2) is 0 Å². The van der Waals surface area contributed by atoms with E-state index in [1.165, 1.54) is 16.2 Å². The molecule has 0 radical (unpaired) electrons. The topological polar surface area (TPSA) is 84.7 Å². The molecule has 1 unspecified atom stereocenters. The Morgan fingerprint density at radius 3 is 3.00 bits per heavy atom. The lowest BCUT2D eigenvalue weighted by Gasteiger charge is -2.34. The second kappa shape index (κ2) is 5.36. The predicted molar refractivity (Wildman–Crippen MR) is 68.4 cm³/mol. The fraction of sp³-hybridized carbons (Fsp3) is 0.455. The lowest BCUT2D eigenvalue weighted by atomic mass is 10.2. The minimum absolute atomic E-state index is 0.209. The first-order valence-electron chi connectivity index (χ1n) is 5.58. The van der Waals surface area contributed by atoms with Crippen LogP contribution in [0.4, 0.5) is 5.69 Å². The molecule has 98 valence electrons. The SMILES string of the molecule is CNC(=O)C1COCCN1C(=O)c1sccc1N. The van der Waals surface area contributed by atoms with Crippen LogP contribution in [0, 0.1) is 0 Å². The number of amides is 2. The van der Waals surface area contributed by atoms with Crippen molar-refractivity contribution in [1.82, 2.24) is 10.2 Å². The summed E-state index contributed by atoms with van der Waals surface area (Å²) in [7, 11) is 1.54. The molecule has 2 rings (SSSR count). The third-order valence-corrected chi connectivity index (χ3v) is 3.75. The van der Waals surface area contributed by atoms with Crippen molar-refractivity contribution < 1.29 is 14.3 Å². The summed E-state index contributed by atoms with van der Waals surface area (Å²) in [6.07, 6.45) is 0. The summed E-state index contributed by atoms with van der Waals surface area (Å²) < 4.78 is 5.25. The predicted octanol–water partition coefficient (Wildman–Crippen LogP) is -0.0827. The van der Waals surface area contributed by atoms with E-state index in [9.17, 15) is 9.59 Å². The molecule has 2 amide bonds. The summed E-state index contributed by atoms with van der Waals surface area (Å²) in [4.78, 5) is 26.1. The Balaban J connectivity index is 2.21. The quantitative estimate of drug-likeness (QED) is 0.786. The highest BCUT2D eigenvalue weighted by Gasteiger charge is 2.33. The van der Waals surface area contributed by atoms with Crippen LogP contribution in [0.2, 0.25) is 0 Å². The number of nitrogens with two attached hydrogens (primary N) is 1. The lowest BCUT2D eigenvalue weighted by molar-refractivity contribution is -0.130. The molecule has 1 fully saturated rings. The Hall–Kier alpha value is -1.60. The van der Waals surface area contributed by atoms with E-state index < -0.39 is 6.04 Å². The molecule has 1 aromatic rings. The van der Waals surface area contributed by atoms with Crippen LogP contribution >= 0.6 is 11.3 Å². The number of nitrogens with one attached hydrogen (secondary N) is 1. The van der Waals surface area contributed by atoms with Gasteiger partial charge in [0.25, 0.3) is 5.91 Å². The lowest BCUT2D eigenvalue weighted by Crippen LogP contribution is -2.55. The van der Waals surface area contributed by atoms with Gasteiger partial charge in [-0.25, -0.2) is 0 Å². The van der Waals surface area contributed by atoms with Crippen LogP contribution in [0.5, 0.6) is 0 Å². The van der Waals surface area contributed by atoms with Gasteiger partial charge in [-0.2, -0.15) is 0 Å². The van der Waals surface area contributed by atoms with Crippen LogP contribution in [0.1, 0.15) is 9.67 Å². The van der Waals surface area contributed by atoms with E-state index in [-0.39, 0.29) is 18.4 Å². The van der Waals surface area contributed by atoms with Crippen LogP contribution < -0.4 is 11.1 Å². The van der Waals surface area contributed by atoms with E-state index >= 15 is 0 Å². The Morgan fingerprint density at radius 1 is 1.61 bits per heavy atom. The van der Waals surface area contributed by atoms with Gasteiger partial charge in [0.1, 0.15) is 10.9 Å². The Kier molecular flexibility index (Phi) is 3.83. The molecule has 1 saturated heterocycles. The average molecular weight is 269 g/mol. The molecule has 0 bridgehead atoms. The standard InChI is InChI=1S/C11H15N3O3S/c1-13-10(15)8-6-17-4-3-14(8)11(16)9-7(12)2-5-18-9/h2,5,8H,3-4,6,12H2,1H3,(H,13,15). The second-order valence-corrected chi connectivity index (χ2v) is 4.82. The molecule has 6 nitrogen and oxygen atoms in total. The van der Waals surface area contributed by atoms with Crippen molar-refractivity contribution in [1.29, 1.82) is 0 Å². The van der Waals surface area contributed by atoms with Crippen molar-refractivity contribution in [2.45, 2.75) is 6.04 Å². The summed E-state index contributed by atoms with van der Waals surface area (Å²) >= 11 is 1.28. The van der Waals surface area contributed by atoms with Gasteiger partial charge in [0.05, 0.1) is 18.9 Å². The maximum atomic E-state index is 12.3. The van der Waals surface area contributed by atoms with Gasteiger partial charge in [0.2, 0.25) is 5.91 Å². The summed E-state index contributed by atoms with van der Waals surface area (Å²) in [5, 5.41) is 4.30. The van der Waals surface area contributed by atoms with E-state index in [4.69, 9.17) is 10.5 Å². The van der Waals surface area contributed by atoms with Crippen LogP contribution in [-0.2, 0) is 9.53 Å². The van der Waals surface area contributed by atoms with E-state index in [0.29, 0.717) is 23.7 Å². The zero-order chi connectivity index (χ0) is 13.1. The molecular weight excluding hydrogens is 254 g/mol. The van der Waals surface area contributed by atoms with Crippen molar-refractivity contribution in [3.8, 4) is 0 Å². The highest BCUT2D eigenvalue weighted by molar-refractivity contribution is 7.12. The zero-order valence-corrected chi connectivity index (χ0v) is 10.8. The van der Waals surface area contributed by atoms with Crippen molar-refractivity contribution in [2.24, 2.45) is 0 Å². The average Bonchev–Trinajstić information content (AvgIpc) is 2.83. The number of nitrogens with zero attached hydrogens (tertiary/aromatic N) is 1. The minimum atomic E-state index is -0.585. The van der Waals surface area contributed by atoms with Crippen molar-refractivity contribution in [3.05, 3.63) is 16.3 Å². The normalized spacial score (nSPS) is 19.6. The monoisotopic (exact) mass is 269 g/mol. The van der Waals surface area contributed by atoms with Crippen molar-refractivity contribution in [3.63, 3.8) is 0 Å². The van der Waals surface area contributed by atoms with Crippen LogP contribution in [0.3, 0.4) is 0 Å². The third kappa shape index (κ3) is 2.32. The maximum absolute atomic E-state index is 12.3.